The summed E-state index contributed by atoms with van der Waals surface area (Å²) in [6.07, 6.45) is 2.81. The van der Waals surface area contributed by atoms with Crippen molar-refractivity contribution in [2.75, 3.05) is 19.0 Å². The fraction of sp³-hybridized carbons (Fsp3) is 0.562. The van der Waals surface area contributed by atoms with Gasteiger partial charge in [-0.05, 0) is 25.0 Å². The predicted molar refractivity (Wildman–Crippen MR) is 87.2 cm³/mol. The number of nitrogens with one attached hydrogen (secondary N) is 2. The molecule has 0 aromatic heterocycles. The van der Waals surface area contributed by atoms with E-state index in [0.717, 1.165) is 24.8 Å². The average molecular weight is 327 g/mol. The molecule has 0 bridgehead atoms. The average Bonchev–Trinajstić information content (AvgIpc) is 2.84. The Kier molecular flexibility index (Phi) is 5.67. The molecule has 1 aromatic carbocycles. The predicted octanol–water partition coefficient (Wildman–Crippen LogP) is 3.16. The molecule has 5 nitrogen and oxygen atoms in total. The minimum atomic E-state index is -0.286. The number of halogens is 1. The number of carbonyl (C=O) groups is 1. The molecule has 1 aliphatic rings. The van der Waals surface area contributed by atoms with Crippen molar-refractivity contribution < 1.29 is 14.6 Å². The SMILES string of the molecule is COCc1c(Cl)cccc1NC(=O)NC1CCCC1(C)CO. The summed E-state index contributed by atoms with van der Waals surface area (Å²) in [5.74, 6) is 0. The molecule has 1 aliphatic carbocycles. The molecule has 0 saturated heterocycles. The molecular weight excluding hydrogens is 304 g/mol. The van der Waals surface area contributed by atoms with E-state index in [0.29, 0.717) is 17.3 Å². The molecule has 22 heavy (non-hydrogen) atoms. The summed E-state index contributed by atoms with van der Waals surface area (Å²) in [4.78, 5) is 12.3. The molecule has 2 unspecified atom stereocenters. The van der Waals surface area contributed by atoms with Gasteiger partial charge in [-0.25, -0.2) is 4.79 Å². The molecule has 2 amide bonds. The Hall–Kier alpha value is -1.30. The molecule has 3 N–H and O–H groups in total. The topological polar surface area (TPSA) is 70.6 Å². The summed E-state index contributed by atoms with van der Waals surface area (Å²) in [5, 5.41) is 15.9. The maximum atomic E-state index is 12.3. The van der Waals surface area contributed by atoms with Gasteiger partial charge in [0.1, 0.15) is 0 Å². The van der Waals surface area contributed by atoms with Gasteiger partial charge in [0.2, 0.25) is 0 Å². The Morgan fingerprint density at radius 2 is 2.32 bits per heavy atom. The van der Waals surface area contributed by atoms with Crippen molar-refractivity contribution in [1.29, 1.82) is 0 Å². The van der Waals surface area contributed by atoms with E-state index in [-0.39, 0.29) is 24.1 Å². The summed E-state index contributed by atoms with van der Waals surface area (Å²) in [5.41, 5.74) is 1.13. The molecular formula is C16H23ClN2O3. The summed E-state index contributed by atoms with van der Waals surface area (Å²) in [7, 11) is 1.58. The van der Waals surface area contributed by atoms with Crippen LogP contribution in [-0.4, -0.2) is 30.9 Å². The molecule has 1 aromatic rings. The van der Waals surface area contributed by atoms with Crippen LogP contribution >= 0.6 is 11.6 Å². The second kappa shape index (κ2) is 7.31. The van der Waals surface area contributed by atoms with Crippen molar-refractivity contribution in [3.8, 4) is 0 Å². The Morgan fingerprint density at radius 1 is 1.55 bits per heavy atom. The van der Waals surface area contributed by atoms with Gasteiger partial charge >= 0.3 is 6.03 Å². The highest BCUT2D eigenvalue weighted by Gasteiger charge is 2.39. The van der Waals surface area contributed by atoms with Crippen molar-refractivity contribution in [2.45, 2.75) is 38.8 Å². The first-order valence-electron chi connectivity index (χ1n) is 7.45. The third-order valence-electron chi connectivity index (χ3n) is 4.40. The molecule has 2 atom stereocenters. The lowest BCUT2D eigenvalue weighted by Gasteiger charge is -2.30. The van der Waals surface area contributed by atoms with Crippen molar-refractivity contribution in [3.63, 3.8) is 0 Å². The molecule has 1 saturated carbocycles. The van der Waals surface area contributed by atoms with Crippen LogP contribution in [0.1, 0.15) is 31.7 Å². The molecule has 1 fully saturated rings. The lowest BCUT2D eigenvalue weighted by Crippen LogP contribution is -2.46. The van der Waals surface area contributed by atoms with E-state index >= 15 is 0 Å². The molecule has 122 valence electrons. The lowest BCUT2D eigenvalue weighted by molar-refractivity contribution is 0.122. The zero-order valence-corrected chi connectivity index (χ0v) is 13.7. The van der Waals surface area contributed by atoms with E-state index in [2.05, 4.69) is 10.6 Å². The fourth-order valence-corrected chi connectivity index (χ4v) is 3.18. The van der Waals surface area contributed by atoms with E-state index < -0.39 is 0 Å². The van der Waals surface area contributed by atoms with Crippen LogP contribution in [0.3, 0.4) is 0 Å². The standard InChI is InChI=1S/C16H23ClN2O3/c1-16(10-20)8-4-7-14(16)19-15(21)18-13-6-3-5-12(17)11(13)9-22-2/h3,5-6,14,20H,4,7-10H2,1-2H3,(H2,18,19,21). The number of hydrogen-bond donors (Lipinski definition) is 3. The fourth-order valence-electron chi connectivity index (χ4n) is 2.95. The third kappa shape index (κ3) is 3.72. The van der Waals surface area contributed by atoms with Crippen LogP contribution in [0.25, 0.3) is 0 Å². The highest BCUT2D eigenvalue weighted by atomic mass is 35.5. The molecule has 6 heteroatoms. The second-order valence-electron chi connectivity index (χ2n) is 6.05. The maximum Gasteiger partial charge on any atom is 0.319 e. The van der Waals surface area contributed by atoms with E-state index in [1.807, 2.05) is 6.92 Å². The zero-order chi connectivity index (χ0) is 16.2. The van der Waals surface area contributed by atoms with Gasteiger partial charge in [0.05, 0.1) is 13.2 Å². The molecule has 0 aliphatic heterocycles. The van der Waals surface area contributed by atoms with Crippen molar-refractivity contribution >= 4 is 23.3 Å². The molecule has 2 rings (SSSR count). The van der Waals surface area contributed by atoms with Crippen molar-refractivity contribution in [3.05, 3.63) is 28.8 Å². The van der Waals surface area contributed by atoms with Crippen molar-refractivity contribution in [1.82, 2.24) is 5.32 Å². The van der Waals surface area contributed by atoms with E-state index in [9.17, 15) is 9.90 Å². The van der Waals surface area contributed by atoms with E-state index in [4.69, 9.17) is 16.3 Å². The van der Waals surface area contributed by atoms with Gasteiger partial charge in [-0.15, -0.1) is 0 Å². The van der Waals surface area contributed by atoms with Gasteiger partial charge < -0.3 is 20.5 Å². The second-order valence-corrected chi connectivity index (χ2v) is 6.46. The van der Waals surface area contributed by atoms with Crippen LogP contribution in [0.2, 0.25) is 5.02 Å². The van der Waals surface area contributed by atoms with Gasteiger partial charge in [-0.2, -0.15) is 0 Å². The summed E-state index contributed by atoms with van der Waals surface area (Å²) in [6.45, 7) is 2.40. The maximum absolute atomic E-state index is 12.3. The van der Waals surface area contributed by atoms with Gasteiger partial charge in [0, 0.05) is 34.8 Å². The zero-order valence-electron chi connectivity index (χ0n) is 13.0. The number of methoxy groups -OCH3 is 1. The van der Waals surface area contributed by atoms with Gasteiger partial charge in [-0.3, -0.25) is 0 Å². The summed E-state index contributed by atoms with van der Waals surface area (Å²) in [6, 6.07) is 5.02. The number of urea groups is 1. The first kappa shape index (κ1) is 17.1. The normalized spacial score (nSPS) is 24.3. The number of carbonyl (C=O) groups excluding carboxylic acids is 1. The number of rotatable bonds is 5. The van der Waals surface area contributed by atoms with Gasteiger partial charge in [-0.1, -0.05) is 31.0 Å². The lowest BCUT2D eigenvalue weighted by atomic mass is 9.86. The van der Waals surface area contributed by atoms with E-state index in [1.165, 1.54) is 0 Å². The highest BCUT2D eigenvalue weighted by Crippen LogP contribution is 2.37. The molecule has 0 heterocycles. The number of anilines is 1. The Morgan fingerprint density at radius 3 is 3.00 bits per heavy atom. The van der Waals surface area contributed by atoms with Gasteiger partial charge in [0.25, 0.3) is 0 Å². The largest absolute Gasteiger partial charge is 0.396 e. The number of hydrogen-bond acceptors (Lipinski definition) is 3. The quantitative estimate of drug-likeness (QED) is 0.778. The first-order valence-corrected chi connectivity index (χ1v) is 7.82. The third-order valence-corrected chi connectivity index (χ3v) is 4.76. The summed E-state index contributed by atoms with van der Waals surface area (Å²) < 4.78 is 5.13. The number of ether oxygens (including phenoxy) is 1. The monoisotopic (exact) mass is 326 g/mol. The van der Waals surface area contributed by atoms with Crippen LogP contribution in [0.4, 0.5) is 10.5 Å². The van der Waals surface area contributed by atoms with Crippen LogP contribution in [0.15, 0.2) is 18.2 Å². The van der Waals surface area contributed by atoms with Crippen LogP contribution in [0.5, 0.6) is 0 Å². The Bertz CT molecular complexity index is 538. The first-order chi connectivity index (χ1) is 10.5. The minimum absolute atomic E-state index is 0.0254. The van der Waals surface area contributed by atoms with Crippen LogP contribution in [-0.2, 0) is 11.3 Å². The smallest absolute Gasteiger partial charge is 0.319 e. The number of benzene rings is 1. The molecule has 0 spiro atoms. The number of aliphatic hydroxyl groups excluding tert-OH is 1. The van der Waals surface area contributed by atoms with Crippen LogP contribution in [0, 0.1) is 5.41 Å². The summed E-state index contributed by atoms with van der Waals surface area (Å²) >= 11 is 6.14. The number of amides is 2. The minimum Gasteiger partial charge on any atom is -0.396 e. The molecule has 0 radical (unpaired) electrons. The van der Waals surface area contributed by atoms with Gasteiger partial charge in [0.15, 0.2) is 0 Å². The van der Waals surface area contributed by atoms with E-state index in [1.54, 1.807) is 25.3 Å². The van der Waals surface area contributed by atoms with Crippen LogP contribution < -0.4 is 10.6 Å². The highest BCUT2D eigenvalue weighted by molar-refractivity contribution is 6.31. The Balaban J connectivity index is 2.05. The van der Waals surface area contributed by atoms with Crippen molar-refractivity contribution in [2.24, 2.45) is 5.41 Å². The Labute approximate surface area is 136 Å². The number of aliphatic hydroxyl groups is 1.